The Kier molecular flexibility index (Phi) is 3.41. The van der Waals surface area contributed by atoms with Gasteiger partial charge in [0.15, 0.2) is 0 Å². The Morgan fingerprint density at radius 1 is 1.27 bits per heavy atom. The lowest BCUT2D eigenvalue weighted by Gasteiger charge is -2.11. The minimum absolute atomic E-state index is 0.778. The van der Waals surface area contributed by atoms with Crippen LogP contribution in [0.1, 0.15) is 39.5 Å². The average molecular weight is 150 g/mol. The van der Waals surface area contributed by atoms with Gasteiger partial charge in [0.1, 0.15) is 0 Å². The molecule has 0 bridgehead atoms. The highest BCUT2D eigenvalue weighted by Crippen LogP contribution is 2.27. The van der Waals surface area contributed by atoms with Crippen LogP contribution < -0.4 is 0 Å². The first-order chi connectivity index (χ1) is 5.38. The van der Waals surface area contributed by atoms with E-state index < -0.39 is 0 Å². The van der Waals surface area contributed by atoms with Crippen molar-refractivity contribution in [1.29, 1.82) is 0 Å². The summed E-state index contributed by atoms with van der Waals surface area (Å²) in [5, 5.41) is 0. The molecule has 0 aromatic carbocycles. The fraction of sp³-hybridized carbons (Fsp3) is 0.636. The molecule has 1 aliphatic carbocycles. The highest BCUT2D eigenvalue weighted by atomic mass is 14.2. The van der Waals surface area contributed by atoms with Crippen LogP contribution in [0.25, 0.3) is 0 Å². The summed E-state index contributed by atoms with van der Waals surface area (Å²) in [6.45, 7) is 4.51. The minimum Gasteiger partial charge on any atom is -0.0773 e. The van der Waals surface area contributed by atoms with Gasteiger partial charge in [-0.1, -0.05) is 50.5 Å². The molecule has 0 saturated heterocycles. The Bertz CT molecular complexity index is 163. The second-order valence-electron chi connectivity index (χ2n) is 3.27. The lowest BCUT2D eigenvalue weighted by atomic mass is 9.94. The smallest absolute Gasteiger partial charge is 0.00171 e. The predicted molar refractivity (Wildman–Crippen MR) is 50.5 cm³/mol. The molecule has 62 valence electrons. The molecule has 0 heteroatoms. The molecule has 0 fully saturated rings. The van der Waals surface area contributed by atoms with Crippen LogP contribution in [0.4, 0.5) is 0 Å². The predicted octanol–water partition coefficient (Wildman–Crippen LogP) is 3.70. The molecule has 0 heterocycles. The van der Waals surface area contributed by atoms with Gasteiger partial charge in [0.05, 0.1) is 0 Å². The van der Waals surface area contributed by atoms with Crippen molar-refractivity contribution in [1.82, 2.24) is 0 Å². The van der Waals surface area contributed by atoms with Crippen molar-refractivity contribution in [3.8, 4) is 0 Å². The molecule has 11 heavy (non-hydrogen) atoms. The van der Waals surface area contributed by atoms with E-state index in [1.807, 2.05) is 0 Å². The SMILES string of the molecule is CCCC1=CC=CC1CCC. The Balaban J connectivity index is 2.40. The third-order valence-corrected chi connectivity index (χ3v) is 2.27. The van der Waals surface area contributed by atoms with E-state index in [0.717, 1.165) is 5.92 Å². The number of rotatable bonds is 4. The van der Waals surface area contributed by atoms with E-state index >= 15 is 0 Å². The first-order valence-electron chi connectivity index (χ1n) is 4.75. The van der Waals surface area contributed by atoms with Crippen LogP contribution in [0.3, 0.4) is 0 Å². The van der Waals surface area contributed by atoms with E-state index in [0.29, 0.717) is 0 Å². The van der Waals surface area contributed by atoms with Gasteiger partial charge < -0.3 is 0 Å². The average Bonchev–Trinajstić information content (AvgIpc) is 2.39. The van der Waals surface area contributed by atoms with Gasteiger partial charge in [-0.25, -0.2) is 0 Å². The van der Waals surface area contributed by atoms with Crippen molar-refractivity contribution in [2.45, 2.75) is 39.5 Å². The maximum atomic E-state index is 2.34. The van der Waals surface area contributed by atoms with Crippen LogP contribution in [0.15, 0.2) is 23.8 Å². The molecule has 0 saturated carbocycles. The quantitative estimate of drug-likeness (QED) is 0.573. The molecule has 1 unspecified atom stereocenters. The molecular formula is C11H18. The normalized spacial score (nSPS) is 22.4. The Morgan fingerprint density at radius 2 is 2.09 bits per heavy atom. The Morgan fingerprint density at radius 3 is 2.73 bits per heavy atom. The van der Waals surface area contributed by atoms with Gasteiger partial charge >= 0.3 is 0 Å². The third-order valence-electron chi connectivity index (χ3n) is 2.27. The summed E-state index contributed by atoms with van der Waals surface area (Å²) in [4.78, 5) is 0. The second kappa shape index (κ2) is 4.38. The maximum absolute atomic E-state index is 2.34. The van der Waals surface area contributed by atoms with E-state index in [4.69, 9.17) is 0 Å². The number of hydrogen-bond donors (Lipinski definition) is 0. The first kappa shape index (κ1) is 8.58. The summed E-state index contributed by atoms with van der Waals surface area (Å²) in [6, 6.07) is 0. The maximum Gasteiger partial charge on any atom is -0.00171 e. The van der Waals surface area contributed by atoms with E-state index in [2.05, 4.69) is 32.1 Å². The van der Waals surface area contributed by atoms with Crippen LogP contribution >= 0.6 is 0 Å². The summed E-state index contributed by atoms with van der Waals surface area (Å²) in [5.74, 6) is 0.778. The van der Waals surface area contributed by atoms with Crippen molar-refractivity contribution in [3.05, 3.63) is 23.8 Å². The third kappa shape index (κ3) is 2.21. The topological polar surface area (TPSA) is 0 Å². The zero-order valence-corrected chi connectivity index (χ0v) is 7.64. The molecule has 0 aliphatic heterocycles. The van der Waals surface area contributed by atoms with Crippen molar-refractivity contribution in [2.24, 2.45) is 5.92 Å². The largest absolute Gasteiger partial charge is 0.0773 e. The lowest BCUT2D eigenvalue weighted by molar-refractivity contribution is 0.635. The van der Waals surface area contributed by atoms with Crippen molar-refractivity contribution >= 4 is 0 Å². The zero-order valence-electron chi connectivity index (χ0n) is 7.64. The van der Waals surface area contributed by atoms with Gasteiger partial charge in [-0.15, -0.1) is 0 Å². The second-order valence-corrected chi connectivity index (χ2v) is 3.27. The van der Waals surface area contributed by atoms with Crippen molar-refractivity contribution in [2.75, 3.05) is 0 Å². The standard InChI is InChI=1S/C11H18/c1-3-6-10-8-5-9-11(10)7-4-2/h5,8-10H,3-4,6-7H2,1-2H3. The van der Waals surface area contributed by atoms with Crippen molar-refractivity contribution in [3.63, 3.8) is 0 Å². The van der Waals surface area contributed by atoms with Gasteiger partial charge in [-0.2, -0.15) is 0 Å². The lowest BCUT2D eigenvalue weighted by Crippen LogP contribution is -1.96. The van der Waals surface area contributed by atoms with Crippen LogP contribution in [0, 0.1) is 5.92 Å². The fourth-order valence-corrected chi connectivity index (χ4v) is 1.71. The molecule has 0 N–H and O–H groups in total. The molecular weight excluding hydrogens is 132 g/mol. The molecule has 0 aromatic heterocycles. The molecule has 0 amide bonds. The molecule has 0 aromatic rings. The molecule has 1 atom stereocenters. The molecule has 0 nitrogen and oxygen atoms in total. The summed E-state index contributed by atoms with van der Waals surface area (Å²) < 4.78 is 0. The molecule has 0 spiro atoms. The summed E-state index contributed by atoms with van der Waals surface area (Å²) in [6.07, 6.45) is 12.1. The molecule has 1 aliphatic rings. The summed E-state index contributed by atoms with van der Waals surface area (Å²) >= 11 is 0. The number of allylic oxidation sites excluding steroid dienone is 4. The van der Waals surface area contributed by atoms with E-state index in [1.54, 1.807) is 5.57 Å². The van der Waals surface area contributed by atoms with Crippen molar-refractivity contribution < 1.29 is 0 Å². The van der Waals surface area contributed by atoms with Gasteiger partial charge in [0.2, 0.25) is 0 Å². The zero-order chi connectivity index (χ0) is 8.10. The molecule has 0 radical (unpaired) electrons. The summed E-state index contributed by atoms with van der Waals surface area (Å²) in [5.41, 5.74) is 1.65. The fourth-order valence-electron chi connectivity index (χ4n) is 1.71. The van der Waals surface area contributed by atoms with Gasteiger partial charge in [0, 0.05) is 0 Å². The Hall–Kier alpha value is -0.520. The van der Waals surface area contributed by atoms with Crippen LogP contribution in [-0.2, 0) is 0 Å². The highest BCUT2D eigenvalue weighted by Gasteiger charge is 2.11. The first-order valence-corrected chi connectivity index (χ1v) is 4.75. The van der Waals surface area contributed by atoms with Crippen LogP contribution in [0.2, 0.25) is 0 Å². The number of hydrogen-bond acceptors (Lipinski definition) is 0. The van der Waals surface area contributed by atoms with E-state index in [-0.39, 0.29) is 0 Å². The van der Waals surface area contributed by atoms with Gasteiger partial charge in [-0.05, 0) is 18.8 Å². The summed E-state index contributed by atoms with van der Waals surface area (Å²) in [7, 11) is 0. The van der Waals surface area contributed by atoms with Gasteiger partial charge in [-0.3, -0.25) is 0 Å². The highest BCUT2D eigenvalue weighted by molar-refractivity contribution is 5.27. The Labute approximate surface area is 70.0 Å². The van der Waals surface area contributed by atoms with E-state index in [1.165, 1.54) is 25.7 Å². The van der Waals surface area contributed by atoms with Gasteiger partial charge in [0.25, 0.3) is 0 Å². The minimum atomic E-state index is 0.778. The van der Waals surface area contributed by atoms with Crippen LogP contribution in [-0.4, -0.2) is 0 Å². The van der Waals surface area contributed by atoms with Crippen LogP contribution in [0.5, 0.6) is 0 Å². The monoisotopic (exact) mass is 150 g/mol. The molecule has 1 rings (SSSR count). The van der Waals surface area contributed by atoms with E-state index in [9.17, 15) is 0 Å².